The number of carbonyl (C=O) groups is 1. The molecule has 1 saturated heterocycles. The van der Waals surface area contributed by atoms with E-state index in [4.69, 9.17) is 0 Å². The molecule has 1 aliphatic rings. The summed E-state index contributed by atoms with van der Waals surface area (Å²) in [6.07, 6.45) is -0.820. The van der Waals surface area contributed by atoms with E-state index in [1.807, 2.05) is 26.0 Å². The summed E-state index contributed by atoms with van der Waals surface area (Å²) in [7, 11) is -0.472. The molecule has 0 bridgehead atoms. The summed E-state index contributed by atoms with van der Waals surface area (Å²) >= 11 is 0. The molecule has 2 atom stereocenters. The topological polar surface area (TPSA) is 77.9 Å². The van der Waals surface area contributed by atoms with Crippen molar-refractivity contribution in [2.45, 2.75) is 20.0 Å². The number of β-amino-alcohol motifs (C(OH)–C–C–N with tert-alkyl or cyclic N) is 1. The van der Waals surface area contributed by atoms with Crippen molar-refractivity contribution >= 4 is 15.9 Å². The normalized spacial score (nSPS) is 21.9. The molecule has 0 spiro atoms. The summed E-state index contributed by atoms with van der Waals surface area (Å²) < 4.78 is 25.1. The number of likely N-dealkylation sites (tertiary alicyclic amines) is 1. The van der Waals surface area contributed by atoms with Crippen LogP contribution >= 0.6 is 0 Å². The smallest absolute Gasteiger partial charge is 0.254 e. The molecule has 1 aromatic rings. The second kappa shape index (κ2) is 6.59. The van der Waals surface area contributed by atoms with Gasteiger partial charge in [0.1, 0.15) is 0 Å². The highest BCUT2D eigenvalue weighted by atomic mass is 32.2. The first-order valence-electron chi connectivity index (χ1n) is 7.56. The number of rotatable bonds is 4. The van der Waals surface area contributed by atoms with Gasteiger partial charge in [-0.25, -0.2) is 12.7 Å². The van der Waals surface area contributed by atoms with Gasteiger partial charge in [0, 0.05) is 38.7 Å². The van der Waals surface area contributed by atoms with Crippen LogP contribution in [-0.2, 0) is 10.0 Å². The third-order valence-corrected chi connectivity index (χ3v) is 6.25. The van der Waals surface area contributed by atoms with Crippen LogP contribution in [0.15, 0.2) is 18.2 Å². The maximum absolute atomic E-state index is 12.6. The number of aryl methyl sites for hydroxylation is 2. The minimum atomic E-state index is -3.41. The molecule has 1 aliphatic heterocycles. The summed E-state index contributed by atoms with van der Waals surface area (Å²) in [6, 6.07) is 5.59. The Balaban J connectivity index is 2.13. The van der Waals surface area contributed by atoms with Crippen LogP contribution in [0.4, 0.5) is 0 Å². The van der Waals surface area contributed by atoms with Crippen LogP contribution in [-0.4, -0.2) is 67.7 Å². The summed E-state index contributed by atoms with van der Waals surface area (Å²) in [5.74, 6) is -0.777. The van der Waals surface area contributed by atoms with E-state index in [1.54, 1.807) is 6.07 Å². The lowest BCUT2D eigenvalue weighted by Gasteiger charge is -2.18. The average molecular weight is 340 g/mol. The Kier molecular flexibility index (Phi) is 5.13. The third-order valence-electron chi connectivity index (χ3n) is 4.29. The molecule has 7 heteroatoms. The number of aliphatic hydroxyl groups excluding tert-OH is 1. The van der Waals surface area contributed by atoms with E-state index in [0.29, 0.717) is 5.56 Å². The van der Waals surface area contributed by atoms with Gasteiger partial charge in [-0.1, -0.05) is 17.7 Å². The van der Waals surface area contributed by atoms with Crippen molar-refractivity contribution < 1.29 is 18.3 Å². The lowest BCUT2D eigenvalue weighted by molar-refractivity contribution is 0.0764. The lowest BCUT2D eigenvalue weighted by Crippen LogP contribution is -2.33. The fourth-order valence-corrected chi connectivity index (χ4v) is 3.99. The van der Waals surface area contributed by atoms with Crippen molar-refractivity contribution in [3.63, 3.8) is 0 Å². The monoisotopic (exact) mass is 340 g/mol. The number of sulfonamides is 1. The standard InChI is InChI=1S/C16H24N2O4S/c1-11-5-6-14(12(2)7-11)16(20)18-8-13(15(19)9-18)10-23(21,22)17(3)4/h5-7,13,15,19H,8-10H2,1-4H3/t13-,15+/m0/s1. The van der Waals surface area contributed by atoms with E-state index in [2.05, 4.69) is 0 Å². The van der Waals surface area contributed by atoms with E-state index < -0.39 is 22.0 Å². The van der Waals surface area contributed by atoms with E-state index in [1.165, 1.54) is 19.0 Å². The molecule has 0 radical (unpaired) electrons. The van der Waals surface area contributed by atoms with E-state index >= 15 is 0 Å². The van der Waals surface area contributed by atoms with Crippen molar-refractivity contribution in [3.05, 3.63) is 34.9 Å². The molecule has 0 unspecified atom stereocenters. The van der Waals surface area contributed by atoms with Crippen LogP contribution in [0.5, 0.6) is 0 Å². The molecule has 6 nitrogen and oxygen atoms in total. The predicted molar refractivity (Wildman–Crippen MR) is 88.8 cm³/mol. The maximum atomic E-state index is 12.6. The Hall–Kier alpha value is -1.44. The second-order valence-corrected chi connectivity index (χ2v) is 8.64. The van der Waals surface area contributed by atoms with Crippen molar-refractivity contribution in [1.82, 2.24) is 9.21 Å². The zero-order chi connectivity index (χ0) is 17.4. The molecule has 1 amide bonds. The van der Waals surface area contributed by atoms with Crippen molar-refractivity contribution in [2.75, 3.05) is 32.9 Å². The fraction of sp³-hybridized carbons (Fsp3) is 0.562. The first-order chi connectivity index (χ1) is 10.6. The Morgan fingerprint density at radius 1 is 1.30 bits per heavy atom. The molecule has 0 aromatic heterocycles. The van der Waals surface area contributed by atoms with Crippen LogP contribution in [0, 0.1) is 19.8 Å². The number of amides is 1. The van der Waals surface area contributed by atoms with Gasteiger partial charge in [0.2, 0.25) is 10.0 Å². The van der Waals surface area contributed by atoms with Crippen LogP contribution in [0.1, 0.15) is 21.5 Å². The van der Waals surface area contributed by atoms with Gasteiger partial charge in [-0.05, 0) is 25.5 Å². The molecule has 23 heavy (non-hydrogen) atoms. The molecular weight excluding hydrogens is 316 g/mol. The third kappa shape index (κ3) is 3.91. The number of benzene rings is 1. The van der Waals surface area contributed by atoms with E-state index in [-0.39, 0.29) is 24.7 Å². The Labute approximate surface area is 137 Å². The highest BCUT2D eigenvalue weighted by Gasteiger charge is 2.37. The Morgan fingerprint density at radius 3 is 2.52 bits per heavy atom. The molecule has 1 fully saturated rings. The molecule has 0 aliphatic carbocycles. The van der Waals surface area contributed by atoms with Gasteiger partial charge in [-0.3, -0.25) is 4.79 Å². The SMILES string of the molecule is Cc1ccc(C(=O)N2C[C@@H](CS(=O)(=O)N(C)C)[C@H](O)C2)c(C)c1. The minimum absolute atomic E-state index is 0.155. The van der Waals surface area contributed by atoms with Gasteiger partial charge in [-0.15, -0.1) is 0 Å². The molecule has 2 rings (SSSR count). The minimum Gasteiger partial charge on any atom is -0.391 e. The highest BCUT2D eigenvalue weighted by molar-refractivity contribution is 7.89. The number of hydrogen-bond donors (Lipinski definition) is 1. The van der Waals surface area contributed by atoms with Gasteiger partial charge >= 0.3 is 0 Å². The van der Waals surface area contributed by atoms with Crippen LogP contribution in [0.25, 0.3) is 0 Å². The molecule has 1 heterocycles. The maximum Gasteiger partial charge on any atom is 0.254 e. The first kappa shape index (κ1) is 17.9. The van der Waals surface area contributed by atoms with Crippen LogP contribution < -0.4 is 0 Å². The quantitative estimate of drug-likeness (QED) is 0.872. The summed E-state index contributed by atoms with van der Waals surface area (Å²) in [4.78, 5) is 14.2. The van der Waals surface area contributed by atoms with Gasteiger partial charge in [-0.2, -0.15) is 0 Å². The highest BCUT2D eigenvalue weighted by Crippen LogP contribution is 2.23. The van der Waals surface area contributed by atoms with Gasteiger partial charge in [0.25, 0.3) is 5.91 Å². The zero-order valence-corrected chi connectivity index (χ0v) is 14.8. The molecule has 128 valence electrons. The van der Waals surface area contributed by atoms with Crippen molar-refractivity contribution in [3.8, 4) is 0 Å². The number of aliphatic hydroxyl groups is 1. The lowest BCUT2D eigenvalue weighted by atomic mass is 10.0. The number of hydrogen-bond acceptors (Lipinski definition) is 4. The fourth-order valence-electron chi connectivity index (χ4n) is 2.83. The molecule has 1 N–H and O–H groups in total. The largest absolute Gasteiger partial charge is 0.391 e. The Bertz CT molecular complexity index is 700. The van der Waals surface area contributed by atoms with Gasteiger partial charge in [0.15, 0.2) is 0 Å². The van der Waals surface area contributed by atoms with Crippen LogP contribution in [0.2, 0.25) is 0 Å². The van der Waals surface area contributed by atoms with Crippen molar-refractivity contribution in [2.24, 2.45) is 5.92 Å². The Morgan fingerprint density at radius 2 is 1.96 bits per heavy atom. The first-order valence-corrected chi connectivity index (χ1v) is 9.17. The average Bonchev–Trinajstić information content (AvgIpc) is 2.78. The molecular formula is C16H24N2O4S. The molecule has 0 saturated carbocycles. The predicted octanol–water partition coefficient (Wildman–Crippen LogP) is 0.628. The van der Waals surface area contributed by atoms with Crippen LogP contribution in [0.3, 0.4) is 0 Å². The van der Waals surface area contributed by atoms with E-state index in [9.17, 15) is 18.3 Å². The summed E-state index contributed by atoms with van der Waals surface area (Å²) in [5.41, 5.74) is 2.56. The number of carbonyl (C=O) groups excluding carboxylic acids is 1. The van der Waals surface area contributed by atoms with Gasteiger partial charge < -0.3 is 10.0 Å². The summed E-state index contributed by atoms with van der Waals surface area (Å²) in [5, 5.41) is 10.1. The second-order valence-electron chi connectivity index (χ2n) is 6.42. The number of nitrogens with zero attached hydrogens (tertiary/aromatic N) is 2. The van der Waals surface area contributed by atoms with Crippen molar-refractivity contribution in [1.29, 1.82) is 0 Å². The molecule has 1 aromatic carbocycles. The summed E-state index contributed by atoms with van der Waals surface area (Å²) in [6.45, 7) is 4.25. The van der Waals surface area contributed by atoms with E-state index in [0.717, 1.165) is 15.4 Å². The van der Waals surface area contributed by atoms with Gasteiger partial charge in [0.05, 0.1) is 11.9 Å². The zero-order valence-electron chi connectivity index (χ0n) is 14.0.